The zero-order chi connectivity index (χ0) is 12.4. The molecule has 3 aromatic heterocycles. The summed E-state index contributed by atoms with van der Waals surface area (Å²) >= 11 is 5.88. The summed E-state index contributed by atoms with van der Waals surface area (Å²) in [4.78, 5) is 20.1. The Morgan fingerprint density at radius 2 is 1.83 bits per heavy atom. The molecule has 3 rings (SSSR count). The maximum absolute atomic E-state index is 5.88. The van der Waals surface area contributed by atoms with Crippen LogP contribution in [-0.4, -0.2) is 34.7 Å². The third-order valence-corrected chi connectivity index (χ3v) is 2.33. The second kappa shape index (κ2) is 4.46. The Morgan fingerprint density at radius 1 is 1.00 bits per heavy atom. The van der Waals surface area contributed by atoms with Gasteiger partial charge in [0.25, 0.3) is 5.95 Å². The quantitative estimate of drug-likeness (QED) is 0.687. The lowest BCUT2D eigenvalue weighted by Gasteiger charge is -2.03. The van der Waals surface area contributed by atoms with Gasteiger partial charge in [-0.3, -0.25) is 4.98 Å². The smallest absolute Gasteiger partial charge is 0.256 e. The normalized spacial score (nSPS) is 10.5. The van der Waals surface area contributed by atoms with Gasteiger partial charge in [0, 0.05) is 18.0 Å². The number of nitrogens with zero attached hydrogens (tertiary/aromatic N) is 7. The van der Waals surface area contributed by atoms with Crippen molar-refractivity contribution in [2.24, 2.45) is 0 Å². The highest BCUT2D eigenvalue weighted by Gasteiger charge is 2.08. The molecule has 0 amide bonds. The molecule has 88 valence electrons. The fourth-order valence-corrected chi connectivity index (χ4v) is 1.54. The fraction of sp³-hybridized carbons (Fsp3) is 0. The zero-order valence-electron chi connectivity index (χ0n) is 8.97. The average Bonchev–Trinajstić information content (AvgIpc) is 2.93. The van der Waals surface area contributed by atoms with Crippen LogP contribution in [0.4, 0.5) is 0 Å². The minimum atomic E-state index is 0.0994. The Labute approximate surface area is 107 Å². The van der Waals surface area contributed by atoms with E-state index in [4.69, 9.17) is 11.6 Å². The topological polar surface area (TPSA) is 82.3 Å². The molecule has 0 fully saturated rings. The summed E-state index contributed by atoms with van der Waals surface area (Å²) in [5.41, 5.74) is 0.802. The molecule has 0 aliphatic heterocycles. The molecule has 0 aliphatic rings. The molecular formula is C10H6ClN7. The van der Waals surface area contributed by atoms with Crippen LogP contribution in [0.5, 0.6) is 0 Å². The molecule has 18 heavy (non-hydrogen) atoms. The molecule has 0 N–H and O–H groups in total. The SMILES string of the molecule is Clc1nc(-c2ccncc2)nc(-n2cncn2)n1. The summed E-state index contributed by atoms with van der Waals surface area (Å²) in [6.45, 7) is 0. The van der Waals surface area contributed by atoms with E-state index in [0.717, 1.165) is 5.56 Å². The fourth-order valence-electron chi connectivity index (χ4n) is 1.38. The minimum Gasteiger partial charge on any atom is -0.265 e. The maximum Gasteiger partial charge on any atom is 0.256 e. The number of hydrogen-bond acceptors (Lipinski definition) is 6. The highest BCUT2D eigenvalue weighted by atomic mass is 35.5. The predicted octanol–water partition coefficient (Wildman–Crippen LogP) is 1.17. The van der Waals surface area contributed by atoms with Gasteiger partial charge in [0.05, 0.1) is 0 Å². The Morgan fingerprint density at radius 3 is 2.56 bits per heavy atom. The molecule has 0 saturated carbocycles. The molecule has 0 atom stereocenters. The highest BCUT2D eigenvalue weighted by Crippen LogP contribution is 2.16. The third kappa shape index (κ3) is 2.03. The average molecular weight is 260 g/mol. The molecule has 0 unspecified atom stereocenters. The van der Waals surface area contributed by atoms with E-state index >= 15 is 0 Å². The summed E-state index contributed by atoms with van der Waals surface area (Å²) in [6.07, 6.45) is 6.19. The van der Waals surface area contributed by atoms with E-state index in [9.17, 15) is 0 Å². The number of rotatable bonds is 2. The van der Waals surface area contributed by atoms with Crippen LogP contribution in [0, 0.1) is 0 Å². The van der Waals surface area contributed by atoms with Gasteiger partial charge in [0.1, 0.15) is 12.7 Å². The summed E-state index contributed by atoms with van der Waals surface area (Å²) in [5, 5.41) is 4.04. The van der Waals surface area contributed by atoms with Crippen molar-refractivity contribution in [3.05, 3.63) is 42.5 Å². The van der Waals surface area contributed by atoms with Crippen LogP contribution < -0.4 is 0 Å². The summed E-state index contributed by atoms with van der Waals surface area (Å²) in [5.74, 6) is 0.780. The minimum absolute atomic E-state index is 0.0994. The van der Waals surface area contributed by atoms with E-state index in [1.807, 2.05) is 0 Å². The Kier molecular flexibility index (Phi) is 2.66. The van der Waals surface area contributed by atoms with Crippen molar-refractivity contribution in [3.63, 3.8) is 0 Å². The molecule has 0 spiro atoms. The van der Waals surface area contributed by atoms with E-state index < -0.39 is 0 Å². The van der Waals surface area contributed by atoms with Gasteiger partial charge in [-0.2, -0.15) is 24.7 Å². The van der Waals surface area contributed by atoms with E-state index in [0.29, 0.717) is 11.8 Å². The molecule has 0 bridgehead atoms. The van der Waals surface area contributed by atoms with Crippen LogP contribution in [0.2, 0.25) is 5.28 Å². The summed E-state index contributed by atoms with van der Waals surface area (Å²) in [6, 6.07) is 3.58. The largest absolute Gasteiger partial charge is 0.265 e. The number of aromatic nitrogens is 7. The summed E-state index contributed by atoms with van der Waals surface area (Å²) < 4.78 is 1.41. The van der Waals surface area contributed by atoms with Gasteiger partial charge in [-0.05, 0) is 23.7 Å². The Balaban J connectivity index is 2.12. The van der Waals surface area contributed by atoms with Crippen molar-refractivity contribution < 1.29 is 0 Å². The second-order valence-electron chi connectivity index (χ2n) is 3.30. The van der Waals surface area contributed by atoms with Crippen LogP contribution in [-0.2, 0) is 0 Å². The molecule has 0 saturated heterocycles. The van der Waals surface area contributed by atoms with Gasteiger partial charge in [0.2, 0.25) is 5.28 Å². The van der Waals surface area contributed by atoms with Crippen molar-refractivity contribution >= 4 is 11.6 Å². The standard InChI is InChI=1S/C10H6ClN7/c11-9-15-8(7-1-3-12-4-2-7)16-10(17-9)18-6-13-5-14-18/h1-6H. The number of pyridine rings is 1. The van der Waals surface area contributed by atoms with Crippen LogP contribution in [0.1, 0.15) is 0 Å². The first kappa shape index (κ1) is 10.7. The van der Waals surface area contributed by atoms with E-state index in [2.05, 4.69) is 30.0 Å². The Bertz CT molecular complexity index is 653. The first-order chi connectivity index (χ1) is 8.83. The van der Waals surface area contributed by atoms with Gasteiger partial charge in [0.15, 0.2) is 5.82 Å². The van der Waals surface area contributed by atoms with Crippen LogP contribution in [0.15, 0.2) is 37.2 Å². The van der Waals surface area contributed by atoms with Crippen molar-refractivity contribution in [2.75, 3.05) is 0 Å². The van der Waals surface area contributed by atoms with Gasteiger partial charge >= 0.3 is 0 Å². The van der Waals surface area contributed by atoms with Gasteiger partial charge in [-0.15, -0.1) is 0 Å². The van der Waals surface area contributed by atoms with Crippen LogP contribution >= 0.6 is 11.6 Å². The number of hydrogen-bond donors (Lipinski definition) is 0. The molecule has 7 nitrogen and oxygen atoms in total. The van der Waals surface area contributed by atoms with E-state index in [1.54, 1.807) is 24.5 Å². The van der Waals surface area contributed by atoms with Crippen molar-refractivity contribution in [1.29, 1.82) is 0 Å². The summed E-state index contributed by atoms with van der Waals surface area (Å²) in [7, 11) is 0. The van der Waals surface area contributed by atoms with Crippen LogP contribution in [0.25, 0.3) is 17.3 Å². The molecule has 0 aromatic carbocycles. The molecule has 3 heterocycles. The first-order valence-electron chi connectivity index (χ1n) is 5.00. The molecule has 0 aliphatic carbocycles. The second-order valence-corrected chi connectivity index (χ2v) is 3.64. The molecular weight excluding hydrogens is 254 g/mol. The lowest BCUT2D eigenvalue weighted by atomic mass is 10.2. The van der Waals surface area contributed by atoms with Crippen molar-refractivity contribution in [3.8, 4) is 17.3 Å². The predicted molar refractivity (Wildman–Crippen MR) is 63.0 cm³/mol. The lowest BCUT2D eigenvalue weighted by molar-refractivity contribution is 0.796. The maximum atomic E-state index is 5.88. The van der Waals surface area contributed by atoms with Gasteiger partial charge in [-0.1, -0.05) is 0 Å². The monoisotopic (exact) mass is 259 g/mol. The highest BCUT2D eigenvalue weighted by molar-refractivity contribution is 6.28. The molecule has 3 aromatic rings. The van der Waals surface area contributed by atoms with E-state index in [1.165, 1.54) is 17.3 Å². The van der Waals surface area contributed by atoms with Crippen molar-refractivity contribution in [2.45, 2.75) is 0 Å². The van der Waals surface area contributed by atoms with Crippen LogP contribution in [0.3, 0.4) is 0 Å². The Hall–Kier alpha value is -2.41. The van der Waals surface area contributed by atoms with Crippen molar-refractivity contribution in [1.82, 2.24) is 34.7 Å². The van der Waals surface area contributed by atoms with E-state index in [-0.39, 0.29) is 5.28 Å². The van der Waals surface area contributed by atoms with Gasteiger partial charge in [-0.25, -0.2) is 4.98 Å². The zero-order valence-corrected chi connectivity index (χ0v) is 9.73. The molecule has 8 heteroatoms. The van der Waals surface area contributed by atoms with Gasteiger partial charge < -0.3 is 0 Å². The third-order valence-electron chi connectivity index (χ3n) is 2.16. The lowest BCUT2D eigenvalue weighted by Crippen LogP contribution is -2.05. The number of halogens is 1. The first-order valence-corrected chi connectivity index (χ1v) is 5.38. The molecule has 0 radical (unpaired) electrons.